The van der Waals surface area contributed by atoms with Gasteiger partial charge < -0.3 is 10.4 Å². The lowest BCUT2D eigenvalue weighted by atomic mass is 10.1. The summed E-state index contributed by atoms with van der Waals surface area (Å²) in [4.78, 5) is 0.217. The maximum atomic E-state index is 11.8. The molecule has 0 aromatic heterocycles. The highest BCUT2D eigenvalue weighted by Gasteiger charge is 2.12. The predicted molar refractivity (Wildman–Crippen MR) is 82.9 cm³/mol. The fourth-order valence-electron chi connectivity index (χ4n) is 1.94. The number of aryl methyl sites for hydroxylation is 1. The number of sulfonamides is 1. The van der Waals surface area contributed by atoms with Gasteiger partial charge in [0.05, 0.1) is 4.90 Å². The van der Waals surface area contributed by atoms with E-state index in [2.05, 4.69) is 10.0 Å². The molecule has 5 nitrogen and oxygen atoms in total. The Morgan fingerprint density at radius 3 is 2.57 bits per heavy atom. The van der Waals surface area contributed by atoms with Gasteiger partial charge in [-0.05, 0) is 49.4 Å². The number of anilines is 1. The summed E-state index contributed by atoms with van der Waals surface area (Å²) >= 11 is 0. The van der Waals surface area contributed by atoms with Crippen molar-refractivity contribution in [3.63, 3.8) is 0 Å². The first-order chi connectivity index (χ1) is 9.92. The van der Waals surface area contributed by atoms with E-state index in [1.807, 2.05) is 13.0 Å². The topological polar surface area (TPSA) is 78.4 Å². The molecule has 2 aromatic rings. The van der Waals surface area contributed by atoms with E-state index in [9.17, 15) is 13.5 Å². The molecule has 0 saturated heterocycles. The van der Waals surface area contributed by atoms with E-state index in [1.54, 1.807) is 36.4 Å². The standard InChI is InChI=1S/C15H18N2O3S/c1-11-6-7-14(21(19,20)16-2)9-15(11)17-10-12-4-3-5-13(18)8-12/h3-9,16-18H,10H2,1-2H3. The summed E-state index contributed by atoms with van der Waals surface area (Å²) in [6.45, 7) is 2.40. The minimum absolute atomic E-state index is 0.206. The van der Waals surface area contributed by atoms with E-state index < -0.39 is 10.0 Å². The Balaban J connectivity index is 2.22. The van der Waals surface area contributed by atoms with Crippen molar-refractivity contribution in [3.8, 4) is 5.75 Å². The molecule has 2 rings (SSSR count). The van der Waals surface area contributed by atoms with Gasteiger partial charge in [0.25, 0.3) is 0 Å². The summed E-state index contributed by atoms with van der Waals surface area (Å²) in [5, 5.41) is 12.6. The molecule has 0 saturated carbocycles. The Kier molecular flexibility index (Phi) is 4.50. The number of phenols is 1. The average molecular weight is 306 g/mol. The van der Waals surface area contributed by atoms with E-state index in [0.29, 0.717) is 6.54 Å². The zero-order chi connectivity index (χ0) is 15.5. The summed E-state index contributed by atoms with van der Waals surface area (Å²) in [5.41, 5.74) is 2.61. The number of benzene rings is 2. The molecular formula is C15H18N2O3S. The Morgan fingerprint density at radius 1 is 1.14 bits per heavy atom. The highest BCUT2D eigenvalue weighted by molar-refractivity contribution is 7.89. The van der Waals surface area contributed by atoms with E-state index in [0.717, 1.165) is 16.8 Å². The summed E-state index contributed by atoms with van der Waals surface area (Å²) in [5.74, 6) is 0.206. The average Bonchev–Trinajstić information content (AvgIpc) is 2.46. The van der Waals surface area contributed by atoms with Crippen LogP contribution in [0, 0.1) is 6.92 Å². The van der Waals surface area contributed by atoms with Crippen LogP contribution in [0.2, 0.25) is 0 Å². The quantitative estimate of drug-likeness (QED) is 0.791. The fourth-order valence-corrected chi connectivity index (χ4v) is 2.70. The molecule has 3 N–H and O–H groups in total. The van der Waals surface area contributed by atoms with E-state index in [1.165, 1.54) is 7.05 Å². The van der Waals surface area contributed by atoms with Gasteiger partial charge in [-0.1, -0.05) is 18.2 Å². The van der Waals surface area contributed by atoms with Crippen LogP contribution in [0.15, 0.2) is 47.4 Å². The number of phenolic OH excluding ortho intramolecular Hbond substituents is 1. The van der Waals surface area contributed by atoms with E-state index in [-0.39, 0.29) is 10.6 Å². The molecule has 0 bridgehead atoms. The van der Waals surface area contributed by atoms with Crippen molar-refractivity contribution in [2.24, 2.45) is 0 Å². The predicted octanol–water partition coefficient (Wildman–Crippen LogP) is 2.22. The lowest BCUT2D eigenvalue weighted by molar-refractivity contribution is 0.474. The molecule has 0 heterocycles. The molecule has 0 aliphatic rings. The smallest absolute Gasteiger partial charge is 0.240 e. The SMILES string of the molecule is CNS(=O)(=O)c1ccc(C)c(NCc2cccc(O)c2)c1. The molecule has 0 unspecified atom stereocenters. The zero-order valence-corrected chi connectivity index (χ0v) is 12.7. The second-order valence-corrected chi connectivity index (χ2v) is 6.59. The van der Waals surface area contributed by atoms with Crippen LogP contribution in [0.1, 0.15) is 11.1 Å². The maximum absolute atomic E-state index is 11.8. The molecule has 0 radical (unpaired) electrons. The number of rotatable bonds is 5. The Bertz CT molecular complexity index is 742. The molecule has 0 aliphatic heterocycles. The van der Waals surface area contributed by atoms with Crippen LogP contribution in [-0.2, 0) is 16.6 Å². The van der Waals surface area contributed by atoms with Crippen LogP contribution >= 0.6 is 0 Å². The first-order valence-electron chi connectivity index (χ1n) is 6.48. The molecule has 2 aromatic carbocycles. The van der Waals surface area contributed by atoms with E-state index >= 15 is 0 Å². The second kappa shape index (κ2) is 6.15. The van der Waals surface area contributed by atoms with Crippen molar-refractivity contribution in [2.75, 3.05) is 12.4 Å². The number of aromatic hydroxyl groups is 1. The summed E-state index contributed by atoms with van der Waals surface area (Å²) in [7, 11) is -2.07. The molecular weight excluding hydrogens is 288 g/mol. The van der Waals surface area contributed by atoms with Crippen molar-refractivity contribution >= 4 is 15.7 Å². The van der Waals surface area contributed by atoms with E-state index in [4.69, 9.17) is 0 Å². The number of nitrogens with one attached hydrogen (secondary N) is 2. The molecule has 0 aliphatic carbocycles. The van der Waals surface area contributed by atoms with Gasteiger partial charge in [-0.2, -0.15) is 0 Å². The third-order valence-electron chi connectivity index (χ3n) is 3.18. The van der Waals surface area contributed by atoms with Gasteiger partial charge in [0, 0.05) is 12.2 Å². The second-order valence-electron chi connectivity index (χ2n) is 4.71. The van der Waals surface area contributed by atoms with Crippen LogP contribution in [0.3, 0.4) is 0 Å². The lowest BCUT2D eigenvalue weighted by Crippen LogP contribution is -2.18. The Labute approximate surface area is 124 Å². The van der Waals surface area contributed by atoms with Crippen molar-refractivity contribution in [1.29, 1.82) is 0 Å². The highest BCUT2D eigenvalue weighted by Crippen LogP contribution is 2.21. The minimum Gasteiger partial charge on any atom is -0.508 e. The molecule has 0 atom stereocenters. The fraction of sp³-hybridized carbons (Fsp3) is 0.200. The molecule has 0 amide bonds. The minimum atomic E-state index is -3.46. The zero-order valence-electron chi connectivity index (χ0n) is 11.9. The number of hydrogen-bond acceptors (Lipinski definition) is 4. The Morgan fingerprint density at radius 2 is 1.90 bits per heavy atom. The van der Waals surface area contributed by atoms with Crippen LogP contribution in [-0.4, -0.2) is 20.6 Å². The van der Waals surface area contributed by atoms with Gasteiger partial charge in [0.15, 0.2) is 0 Å². The van der Waals surface area contributed by atoms with Crippen molar-refractivity contribution in [2.45, 2.75) is 18.4 Å². The van der Waals surface area contributed by atoms with Gasteiger partial charge in [0.1, 0.15) is 5.75 Å². The number of hydrogen-bond donors (Lipinski definition) is 3. The first kappa shape index (κ1) is 15.3. The van der Waals surface area contributed by atoms with Crippen molar-refractivity contribution in [1.82, 2.24) is 4.72 Å². The summed E-state index contributed by atoms with van der Waals surface area (Å²) in [6.07, 6.45) is 0. The van der Waals surface area contributed by atoms with Crippen LogP contribution in [0.5, 0.6) is 5.75 Å². The van der Waals surface area contributed by atoms with Crippen molar-refractivity contribution < 1.29 is 13.5 Å². The molecule has 0 fully saturated rings. The normalized spacial score (nSPS) is 11.3. The lowest BCUT2D eigenvalue weighted by Gasteiger charge is -2.12. The van der Waals surface area contributed by atoms with Gasteiger partial charge in [-0.25, -0.2) is 13.1 Å². The van der Waals surface area contributed by atoms with Crippen LogP contribution in [0.25, 0.3) is 0 Å². The van der Waals surface area contributed by atoms with Gasteiger partial charge in [-0.3, -0.25) is 0 Å². The molecule has 0 spiro atoms. The molecule has 112 valence electrons. The van der Waals surface area contributed by atoms with Gasteiger partial charge in [-0.15, -0.1) is 0 Å². The largest absolute Gasteiger partial charge is 0.508 e. The Hall–Kier alpha value is -2.05. The van der Waals surface area contributed by atoms with Crippen LogP contribution in [0.4, 0.5) is 5.69 Å². The third kappa shape index (κ3) is 3.74. The summed E-state index contributed by atoms with van der Waals surface area (Å²) < 4.78 is 25.9. The third-order valence-corrected chi connectivity index (χ3v) is 4.59. The van der Waals surface area contributed by atoms with Crippen LogP contribution < -0.4 is 10.0 Å². The molecule has 6 heteroatoms. The van der Waals surface area contributed by atoms with Crippen molar-refractivity contribution in [3.05, 3.63) is 53.6 Å². The maximum Gasteiger partial charge on any atom is 0.240 e. The molecule has 21 heavy (non-hydrogen) atoms. The first-order valence-corrected chi connectivity index (χ1v) is 7.96. The monoisotopic (exact) mass is 306 g/mol. The summed E-state index contributed by atoms with van der Waals surface area (Å²) in [6, 6.07) is 11.8. The van der Waals surface area contributed by atoms with Gasteiger partial charge >= 0.3 is 0 Å². The highest BCUT2D eigenvalue weighted by atomic mass is 32.2. The van der Waals surface area contributed by atoms with Gasteiger partial charge in [0.2, 0.25) is 10.0 Å².